The molecule has 1 heterocycles. The molecule has 0 unspecified atom stereocenters. The lowest BCUT2D eigenvalue weighted by Gasteiger charge is -2.23. The van der Waals surface area contributed by atoms with E-state index in [0.29, 0.717) is 19.5 Å². The molecule has 0 aromatic heterocycles. The van der Waals surface area contributed by atoms with Gasteiger partial charge in [0, 0.05) is 13.1 Å². The maximum absolute atomic E-state index is 12.6. The number of hydrogen-bond donors (Lipinski definition) is 1. The Balaban J connectivity index is 1.53. The van der Waals surface area contributed by atoms with Crippen LogP contribution in [0, 0.1) is 0 Å². The van der Waals surface area contributed by atoms with Crippen LogP contribution in [0.2, 0.25) is 0 Å². The Morgan fingerprint density at radius 2 is 1.89 bits per heavy atom. The smallest absolute Gasteiger partial charge is 0.410 e. The Kier molecular flexibility index (Phi) is 6.30. The average Bonchev–Trinajstić information content (AvgIpc) is 3.21. The van der Waals surface area contributed by atoms with E-state index in [4.69, 9.17) is 9.47 Å². The van der Waals surface area contributed by atoms with Crippen LogP contribution in [0.1, 0.15) is 24.0 Å². The molecule has 1 saturated heterocycles. The molecule has 0 saturated carbocycles. The third kappa shape index (κ3) is 5.00. The summed E-state index contributed by atoms with van der Waals surface area (Å²) in [6, 6.07) is 16.5. The molecule has 3 rings (SSSR count). The van der Waals surface area contributed by atoms with E-state index in [2.05, 4.69) is 5.32 Å². The van der Waals surface area contributed by atoms with Gasteiger partial charge in [-0.15, -0.1) is 0 Å². The highest BCUT2D eigenvalue weighted by molar-refractivity contribution is 5.86. The van der Waals surface area contributed by atoms with E-state index in [9.17, 15) is 9.59 Å². The highest BCUT2D eigenvalue weighted by atomic mass is 16.6. The van der Waals surface area contributed by atoms with Crippen molar-refractivity contribution in [2.24, 2.45) is 0 Å². The van der Waals surface area contributed by atoms with E-state index >= 15 is 0 Å². The van der Waals surface area contributed by atoms with E-state index < -0.39 is 12.1 Å². The van der Waals surface area contributed by atoms with Crippen molar-refractivity contribution in [3.05, 3.63) is 65.7 Å². The number of amides is 2. The standard InChI is InChI=1S/C21H24N2O4/c1-26-18-10-5-9-17(13-18)14-22-20(24)19-11-6-12-23(19)21(25)27-15-16-7-3-2-4-8-16/h2-5,7-10,13,19H,6,11-12,14-15H2,1H3,(H,22,24)/t19-/m0/s1. The van der Waals surface area contributed by atoms with Crippen LogP contribution in [-0.2, 0) is 22.7 Å². The minimum atomic E-state index is -0.487. The van der Waals surface area contributed by atoms with Gasteiger partial charge in [-0.2, -0.15) is 0 Å². The minimum Gasteiger partial charge on any atom is -0.497 e. The maximum atomic E-state index is 12.6. The first kappa shape index (κ1) is 18.8. The Morgan fingerprint density at radius 1 is 1.11 bits per heavy atom. The summed E-state index contributed by atoms with van der Waals surface area (Å²) >= 11 is 0. The Hall–Kier alpha value is -3.02. The number of hydrogen-bond acceptors (Lipinski definition) is 4. The van der Waals surface area contributed by atoms with Crippen LogP contribution >= 0.6 is 0 Å². The fourth-order valence-electron chi connectivity index (χ4n) is 3.15. The molecule has 142 valence electrons. The number of nitrogens with one attached hydrogen (secondary N) is 1. The number of carbonyl (C=O) groups excluding carboxylic acids is 2. The Labute approximate surface area is 159 Å². The van der Waals surface area contributed by atoms with Crippen LogP contribution in [0.5, 0.6) is 5.75 Å². The van der Waals surface area contributed by atoms with Crippen molar-refractivity contribution in [1.82, 2.24) is 10.2 Å². The first-order valence-electron chi connectivity index (χ1n) is 9.05. The summed E-state index contributed by atoms with van der Waals surface area (Å²) in [4.78, 5) is 26.5. The number of carbonyl (C=O) groups is 2. The summed E-state index contributed by atoms with van der Waals surface area (Å²) in [5.74, 6) is 0.584. The van der Waals surface area contributed by atoms with Crippen molar-refractivity contribution in [3.63, 3.8) is 0 Å². The fourth-order valence-corrected chi connectivity index (χ4v) is 3.15. The quantitative estimate of drug-likeness (QED) is 0.851. The van der Waals surface area contributed by atoms with Crippen molar-refractivity contribution >= 4 is 12.0 Å². The van der Waals surface area contributed by atoms with Crippen molar-refractivity contribution < 1.29 is 19.1 Å². The van der Waals surface area contributed by atoms with Crippen LogP contribution in [-0.4, -0.2) is 36.6 Å². The Bertz CT molecular complexity index is 779. The molecule has 1 fully saturated rings. The third-order valence-corrected chi connectivity index (χ3v) is 4.60. The zero-order valence-electron chi connectivity index (χ0n) is 15.4. The number of likely N-dealkylation sites (tertiary alicyclic amines) is 1. The van der Waals surface area contributed by atoms with E-state index in [1.165, 1.54) is 4.90 Å². The normalized spacial score (nSPS) is 16.0. The minimum absolute atomic E-state index is 0.160. The SMILES string of the molecule is COc1cccc(CNC(=O)[C@@H]2CCCN2C(=O)OCc2ccccc2)c1. The van der Waals surface area contributed by atoms with Gasteiger partial charge in [-0.1, -0.05) is 42.5 Å². The van der Waals surface area contributed by atoms with Crippen LogP contribution < -0.4 is 10.1 Å². The molecule has 2 aromatic rings. The van der Waals surface area contributed by atoms with Crippen molar-refractivity contribution in [2.45, 2.75) is 32.0 Å². The molecule has 0 radical (unpaired) electrons. The van der Waals surface area contributed by atoms with E-state index in [1.807, 2.05) is 54.6 Å². The summed E-state index contributed by atoms with van der Waals surface area (Å²) in [7, 11) is 1.61. The molecular formula is C21H24N2O4. The lowest BCUT2D eigenvalue weighted by molar-refractivity contribution is -0.125. The van der Waals surface area contributed by atoms with Crippen molar-refractivity contribution in [3.8, 4) is 5.75 Å². The first-order chi connectivity index (χ1) is 13.2. The van der Waals surface area contributed by atoms with Crippen LogP contribution in [0.3, 0.4) is 0 Å². The average molecular weight is 368 g/mol. The van der Waals surface area contributed by atoms with Crippen molar-refractivity contribution in [1.29, 1.82) is 0 Å². The van der Waals surface area contributed by atoms with Gasteiger partial charge in [0.1, 0.15) is 18.4 Å². The van der Waals surface area contributed by atoms with Gasteiger partial charge >= 0.3 is 6.09 Å². The van der Waals surface area contributed by atoms with Gasteiger partial charge < -0.3 is 14.8 Å². The predicted octanol–water partition coefficient (Wildman–Crippen LogP) is 3.11. The number of rotatable bonds is 6. The molecule has 27 heavy (non-hydrogen) atoms. The van der Waals surface area contributed by atoms with Gasteiger partial charge in [0.2, 0.25) is 5.91 Å². The molecule has 1 atom stereocenters. The van der Waals surface area contributed by atoms with E-state index in [-0.39, 0.29) is 12.5 Å². The summed E-state index contributed by atoms with van der Waals surface area (Å²) in [5.41, 5.74) is 1.86. The van der Waals surface area contributed by atoms with Gasteiger partial charge in [-0.3, -0.25) is 9.69 Å². The summed E-state index contributed by atoms with van der Waals surface area (Å²) in [6.07, 6.45) is 0.986. The second kappa shape index (κ2) is 9.07. The molecule has 1 aliphatic heterocycles. The first-order valence-corrected chi connectivity index (χ1v) is 9.05. The van der Waals surface area contributed by atoms with Gasteiger partial charge in [0.25, 0.3) is 0 Å². The zero-order chi connectivity index (χ0) is 19.1. The van der Waals surface area contributed by atoms with Crippen molar-refractivity contribution in [2.75, 3.05) is 13.7 Å². The summed E-state index contributed by atoms with van der Waals surface area (Å²) in [6.45, 7) is 1.12. The second-order valence-electron chi connectivity index (χ2n) is 6.46. The predicted molar refractivity (Wildman–Crippen MR) is 101 cm³/mol. The molecule has 0 spiro atoms. The van der Waals surface area contributed by atoms with E-state index in [0.717, 1.165) is 23.3 Å². The molecular weight excluding hydrogens is 344 g/mol. The largest absolute Gasteiger partial charge is 0.497 e. The molecule has 2 amide bonds. The fraction of sp³-hybridized carbons (Fsp3) is 0.333. The number of benzene rings is 2. The Morgan fingerprint density at radius 3 is 2.67 bits per heavy atom. The molecule has 1 N–H and O–H groups in total. The topological polar surface area (TPSA) is 67.9 Å². The molecule has 0 aliphatic carbocycles. The third-order valence-electron chi connectivity index (χ3n) is 4.60. The van der Waals surface area contributed by atoms with Gasteiger partial charge in [-0.05, 0) is 36.1 Å². The summed E-state index contributed by atoms with van der Waals surface area (Å²) < 4.78 is 10.6. The van der Waals surface area contributed by atoms with Gasteiger partial charge in [0.05, 0.1) is 7.11 Å². The van der Waals surface area contributed by atoms with Gasteiger partial charge in [0.15, 0.2) is 0 Å². The summed E-state index contributed by atoms with van der Waals surface area (Å²) in [5, 5.41) is 2.91. The monoisotopic (exact) mass is 368 g/mol. The van der Waals surface area contributed by atoms with Crippen LogP contribution in [0.4, 0.5) is 4.79 Å². The van der Waals surface area contributed by atoms with Crippen LogP contribution in [0.15, 0.2) is 54.6 Å². The number of methoxy groups -OCH3 is 1. The molecule has 6 heteroatoms. The van der Waals surface area contributed by atoms with Crippen LogP contribution in [0.25, 0.3) is 0 Å². The maximum Gasteiger partial charge on any atom is 0.410 e. The second-order valence-corrected chi connectivity index (χ2v) is 6.46. The molecule has 1 aliphatic rings. The highest BCUT2D eigenvalue weighted by Crippen LogP contribution is 2.19. The number of nitrogens with zero attached hydrogens (tertiary/aromatic N) is 1. The lowest BCUT2D eigenvalue weighted by Crippen LogP contribution is -2.45. The number of ether oxygens (including phenoxy) is 2. The highest BCUT2D eigenvalue weighted by Gasteiger charge is 2.34. The van der Waals surface area contributed by atoms with Gasteiger partial charge in [-0.25, -0.2) is 4.79 Å². The molecule has 6 nitrogen and oxygen atoms in total. The molecule has 0 bridgehead atoms. The van der Waals surface area contributed by atoms with E-state index in [1.54, 1.807) is 7.11 Å². The lowest BCUT2D eigenvalue weighted by atomic mass is 10.2. The molecule has 2 aromatic carbocycles. The zero-order valence-corrected chi connectivity index (χ0v) is 15.4.